The molecule has 23 heavy (non-hydrogen) atoms. The van der Waals surface area contributed by atoms with E-state index in [2.05, 4.69) is 0 Å². The fraction of sp³-hybridized carbons (Fsp3) is 0.0769. The maximum Gasteiger partial charge on any atom is 0.340 e. The SMILES string of the molecule is Cc1ccc(OS(=O)(=O)c2cc(S(N)(=O)=O)c(Cl)cc2Cl)cc1. The Morgan fingerprint density at radius 1 is 0.913 bits per heavy atom. The molecule has 0 amide bonds. The van der Waals surface area contributed by atoms with Crippen molar-refractivity contribution in [1.82, 2.24) is 0 Å². The van der Waals surface area contributed by atoms with Crippen LogP contribution in [0.3, 0.4) is 0 Å². The summed E-state index contributed by atoms with van der Waals surface area (Å²) in [4.78, 5) is -1.11. The third-order valence-corrected chi connectivity index (χ3v) is 5.88. The van der Waals surface area contributed by atoms with E-state index in [0.29, 0.717) is 0 Å². The second kappa shape index (κ2) is 6.29. The Morgan fingerprint density at radius 2 is 1.43 bits per heavy atom. The molecule has 0 aliphatic heterocycles. The van der Waals surface area contributed by atoms with E-state index in [1.807, 2.05) is 6.92 Å². The molecule has 0 spiro atoms. The van der Waals surface area contributed by atoms with Gasteiger partial charge in [-0.05, 0) is 31.2 Å². The zero-order chi connectivity index (χ0) is 17.4. The minimum atomic E-state index is -4.37. The van der Waals surface area contributed by atoms with Crippen molar-refractivity contribution in [3.05, 3.63) is 52.0 Å². The van der Waals surface area contributed by atoms with Crippen molar-refractivity contribution in [3.8, 4) is 5.75 Å². The minimum absolute atomic E-state index is 0.0544. The lowest BCUT2D eigenvalue weighted by atomic mass is 10.2. The number of aryl methyl sites for hydroxylation is 1. The molecule has 0 saturated heterocycles. The van der Waals surface area contributed by atoms with Gasteiger partial charge < -0.3 is 4.18 Å². The summed E-state index contributed by atoms with van der Waals surface area (Å²) in [7, 11) is -8.59. The van der Waals surface area contributed by atoms with Gasteiger partial charge in [0.2, 0.25) is 10.0 Å². The molecule has 0 aliphatic rings. The fourth-order valence-corrected chi connectivity index (χ4v) is 4.38. The lowest BCUT2D eigenvalue weighted by molar-refractivity contribution is 0.486. The van der Waals surface area contributed by atoms with Crippen LogP contribution < -0.4 is 9.32 Å². The molecule has 2 aromatic rings. The van der Waals surface area contributed by atoms with E-state index in [1.165, 1.54) is 12.1 Å². The molecule has 2 aromatic carbocycles. The van der Waals surface area contributed by atoms with Crippen LogP contribution >= 0.6 is 23.2 Å². The molecule has 0 aliphatic carbocycles. The first-order chi connectivity index (χ1) is 10.5. The molecule has 0 unspecified atom stereocenters. The average molecular weight is 396 g/mol. The number of benzene rings is 2. The zero-order valence-corrected chi connectivity index (χ0v) is 14.8. The summed E-state index contributed by atoms with van der Waals surface area (Å²) in [5.74, 6) is 0.0544. The highest BCUT2D eigenvalue weighted by molar-refractivity contribution is 7.89. The Morgan fingerprint density at radius 3 is 1.96 bits per heavy atom. The van der Waals surface area contributed by atoms with Crippen molar-refractivity contribution in [2.24, 2.45) is 5.14 Å². The Labute approximate surface area is 144 Å². The van der Waals surface area contributed by atoms with Gasteiger partial charge in [0, 0.05) is 0 Å². The van der Waals surface area contributed by atoms with E-state index in [1.54, 1.807) is 12.1 Å². The maximum absolute atomic E-state index is 12.3. The number of nitrogens with two attached hydrogens (primary N) is 1. The Hall–Kier alpha value is -1.32. The van der Waals surface area contributed by atoms with Crippen LogP contribution in [0.25, 0.3) is 0 Å². The van der Waals surface area contributed by atoms with Crippen LogP contribution in [0.5, 0.6) is 5.75 Å². The molecule has 0 aromatic heterocycles. The van der Waals surface area contributed by atoms with Gasteiger partial charge in [-0.25, -0.2) is 13.6 Å². The summed E-state index contributed by atoms with van der Waals surface area (Å²) in [6.07, 6.45) is 0. The Bertz CT molecular complexity index is 955. The highest BCUT2D eigenvalue weighted by atomic mass is 35.5. The average Bonchev–Trinajstić information content (AvgIpc) is 2.39. The predicted octanol–water partition coefficient (Wildman–Crippen LogP) is 2.72. The number of halogens is 2. The van der Waals surface area contributed by atoms with Crippen molar-refractivity contribution in [3.63, 3.8) is 0 Å². The van der Waals surface area contributed by atoms with Crippen LogP contribution in [0.2, 0.25) is 10.0 Å². The molecular weight excluding hydrogens is 385 g/mol. The Kier molecular flexibility index (Phi) is 4.93. The monoisotopic (exact) mass is 395 g/mol. The number of hydrogen-bond acceptors (Lipinski definition) is 5. The first kappa shape index (κ1) is 18.0. The normalized spacial score (nSPS) is 12.2. The first-order valence-electron chi connectivity index (χ1n) is 6.04. The van der Waals surface area contributed by atoms with Crippen molar-refractivity contribution in [2.75, 3.05) is 0 Å². The zero-order valence-electron chi connectivity index (χ0n) is 11.7. The molecule has 124 valence electrons. The second-order valence-electron chi connectivity index (χ2n) is 4.61. The summed E-state index contributed by atoms with van der Waals surface area (Å²) in [6, 6.07) is 7.97. The van der Waals surface area contributed by atoms with Crippen LogP contribution in [0, 0.1) is 6.92 Å². The van der Waals surface area contributed by atoms with Gasteiger partial charge >= 0.3 is 10.1 Å². The fourth-order valence-electron chi connectivity index (χ4n) is 1.69. The summed E-state index contributed by atoms with van der Waals surface area (Å²) >= 11 is 11.6. The number of primary sulfonamides is 1. The molecule has 2 N–H and O–H groups in total. The molecule has 0 heterocycles. The van der Waals surface area contributed by atoms with Gasteiger partial charge in [0.15, 0.2) is 0 Å². The molecule has 0 saturated carbocycles. The highest BCUT2D eigenvalue weighted by Gasteiger charge is 2.25. The van der Waals surface area contributed by atoms with Crippen LogP contribution in [0.4, 0.5) is 0 Å². The van der Waals surface area contributed by atoms with Gasteiger partial charge in [0.25, 0.3) is 0 Å². The van der Waals surface area contributed by atoms with Gasteiger partial charge in [-0.2, -0.15) is 8.42 Å². The van der Waals surface area contributed by atoms with Crippen molar-refractivity contribution < 1.29 is 21.0 Å². The summed E-state index contributed by atoms with van der Waals surface area (Å²) in [6.45, 7) is 1.83. The van der Waals surface area contributed by atoms with E-state index >= 15 is 0 Å². The predicted molar refractivity (Wildman–Crippen MR) is 86.8 cm³/mol. The van der Waals surface area contributed by atoms with Gasteiger partial charge in [-0.15, -0.1) is 0 Å². The van der Waals surface area contributed by atoms with Crippen LogP contribution in [0.1, 0.15) is 5.56 Å². The second-order valence-corrected chi connectivity index (χ2v) is 8.47. The van der Waals surface area contributed by atoms with E-state index < -0.39 is 29.9 Å². The molecule has 0 bridgehead atoms. The number of rotatable bonds is 4. The Balaban J connectivity index is 2.53. The third kappa shape index (κ3) is 4.15. The van der Waals surface area contributed by atoms with Crippen LogP contribution in [0.15, 0.2) is 46.2 Å². The van der Waals surface area contributed by atoms with Crippen molar-refractivity contribution >= 4 is 43.3 Å². The molecule has 2 rings (SSSR count). The first-order valence-corrected chi connectivity index (χ1v) is 9.75. The molecular formula is C13H11Cl2NO5S2. The minimum Gasteiger partial charge on any atom is -0.379 e. The van der Waals surface area contributed by atoms with Gasteiger partial charge in [0.1, 0.15) is 15.5 Å². The van der Waals surface area contributed by atoms with E-state index in [-0.39, 0.29) is 15.8 Å². The largest absolute Gasteiger partial charge is 0.379 e. The highest BCUT2D eigenvalue weighted by Crippen LogP contribution is 2.32. The molecule has 0 fully saturated rings. The lowest BCUT2D eigenvalue weighted by Crippen LogP contribution is -2.16. The smallest absolute Gasteiger partial charge is 0.340 e. The standard InChI is InChI=1S/C13H11Cl2NO5S2/c1-8-2-4-9(5-3-8)21-23(19,20)13-7-12(22(16,17)18)10(14)6-11(13)15/h2-7H,1H3,(H2,16,17,18). The molecule has 6 nitrogen and oxygen atoms in total. The topological polar surface area (TPSA) is 104 Å². The number of hydrogen-bond donors (Lipinski definition) is 1. The van der Waals surface area contributed by atoms with Gasteiger partial charge in [-0.3, -0.25) is 0 Å². The van der Waals surface area contributed by atoms with E-state index in [9.17, 15) is 16.8 Å². The molecule has 10 heteroatoms. The molecule has 0 atom stereocenters. The summed E-state index contributed by atoms with van der Waals surface area (Å²) < 4.78 is 52.5. The lowest BCUT2D eigenvalue weighted by Gasteiger charge is -2.11. The van der Waals surface area contributed by atoms with Crippen molar-refractivity contribution in [2.45, 2.75) is 16.7 Å². The molecule has 0 radical (unpaired) electrons. The van der Waals surface area contributed by atoms with Crippen molar-refractivity contribution in [1.29, 1.82) is 0 Å². The summed E-state index contributed by atoms with van der Waals surface area (Å²) in [5.41, 5.74) is 0.913. The van der Waals surface area contributed by atoms with Gasteiger partial charge in [0.05, 0.1) is 10.0 Å². The van der Waals surface area contributed by atoms with E-state index in [0.717, 1.165) is 17.7 Å². The summed E-state index contributed by atoms with van der Waals surface area (Å²) in [5, 5.41) is 4.43. The van der Waals surface area contributed by atoms with E-state index in [4.69, 9.17) is 32.5 Å². The van der Waals surface area contributed by atoms with Crippen LogP contribution in [-0.4, -0.2) is 16.8 Å². The quantitative estimate of drug-likeness (QED) is 0.801. The maximum atomic E-state index is 12.3. The number of sulfonamides is 1. The van der Waals surface area contributed by atoms with Crippen LogP contribution in [-0.2, 0) is 20.1 Å². The van der Waals surface area contributed by atoms with Gasteiger partial charge in [-0.1, -0.05) is 40.9 Å². The third-order valence-electron chi connectivity index (χ3n) is 2.79.